The van der Waals surface area contributed by atoms with Gasteiger partial charge in [-0.3, -0.25) is 9.78 Å². The number of carboxylic acid groups (broad SMARTS) is 1. The molecule has 2 unspecified atom stereocenters. The van der Waals surface area contributed by atoms with Crippen LogP contribution in [-0.4, -0.2) is 32.4 Å². The van der Waals surface area contributed by atoms with Crippen LogP contribution in [0.15, 0.2) is 18.3 Å². The Kier molecular flexibility index (Phi) is 4.25. The van der Waals surface area contributed by atoms with E-state index in [2.05, 4.69) is 4.98 Å². The van der Waals surface area contributed by atoms with E-state index in [0.717, 1.165) is 12.3 Å². The Morgan fingerprint density at radius 1 is 1.39 bits per heavy atom. The Balaban J connectivity index is 3.06. The number of aromatic nitrogens is 1. The maximum Gasteiger partial charge on any atom is 0.418 e. The first-order valence-corrected chi connectivity index (χ1v) is 4.83. The van der Waals surface area contributed by atoms with E-state index >= 15 is 0 Å². The third-order valence-corrected chi connectivity index (χ3v) is 2.17. The molecule has 18 heavy (non-hydrogen) atoms. The lowest BCUT2D eigenvalue weighted by Gasteiger charge is -2.19. The number of alkyl halides is 3. The van der Waals surface area contributed by atoms with Crippen LogP contribution in [0.1, 0.15) is 23.8 Å². The minimum absolute atomic E-state index is 0.693. The standard InChI is InChI=1S/C10H10F3NO4/c11-10(12,13)5-2-1-3-14-8(5)9(18)6(15)4-7(16)17/h1-3,6,9,15,18H,4H2,(H,16,17). The van der Waals surface area contributed by atoms with Crippen LogP contribution in [0.5, 0.6) is 0 Å². The largest absolute Gasteiger partial charge is 0.481 e. The number of pyridine rings is 1. The molecule has 0 amide bonds. The van der Waals surface area contributed by atoms with Crippen molar-refractivity contribution in [2.75, 3.05) is 0 Å². The van der Waals surface area contributed by atoms with Gasteiger partial charge in [0, 0.05) is 6.20 Å². The summed E-state index contributed by atoms with van der Waals surface area (Å²) < 4.78 is 37.8. The average molecular weight is 265 g/mol. The molecule has 1 aromatic rings. The van der Waals surface area contributed by atoms with Gasteiger partial charge >= 0.3 is 12.1 Å². The number of carbonyl (C=O) groups is 1. The summed E-state index contributed by atoms with van der Waals surface area (Å²) in [7, 11) is 0. The van der Waals surface area contributed by atoms with Crippen molar-refractivity contribution >= 4 is 5.97 Å². The van der Waals surface area contributed by atoms with E-state index < -0.39 is 42.0 Å². The Morgan fingerprint density at radius 2 is 2.00 bits per heavy atom. The molecule has 5 nitrogen and oxygen atoms in total. The molecule has 2 atom stereocenters. The summed E-state index contributed by atoms with van der Waals surface area (Å²) >= 11 is 0. The van der Waals surface area contributed by atoms with Gasteiger partial charge in [-0.25, -0.2) is 0 Å². The summed E-state index contributed by atoms with van der Waals surface area (Å²) in [6.45, 7) is 0. The highest BCUT2D eigenvalue weighted by Gasteiger charge is 2.37. The third kappa shape index (κ3) is 3.41. The molecule has 0 fully saturated rings. The Morgan fingerprint density at radius 3 is 2.50 bits per heavy atom. The van der Waals surface area contributed by atoms with Gasteiger partial charge in [0.05, 0.1) is 23.8 Å². The summed E-state index contributed by atoms with van der Waals surface area (Å²) in [6, 6.07) is 1.72. The molecule has 0 aliphatic heterocycles. The van der Waals surface area contributed by atoms with Crippen LogP contribution in [0, 0.1) is 0 Å². The lowest BCUT2D eigenvalue weighted by Crippen LogP contribution is -2.25. The monoisotopic (exact) mass is 265 g/mol. The average Bonchev–Trinajstić information content (AvgIpc) is 2.26. The first kappa shape index (κ1) is 14.4. The number of halogens is 3. The van der Waals surface area contributed by atoms with Crippen LogP contribution >= 0.6 is 0 Å². The van der Waals surface area contributed by atoms with Crippen molar-refractivity contribution in [2.45, 2.75) is 24.8 Å². The predicted octanol–water partition coefficient (Wildman–Crippen LogP) is 0.969. The van der Waals surface area contributed by atoms with Crippen LogP contribution in [0.2, 0.25) is 0 Å². The molecule has 0 aliphatic carbocycles. The summed E-state index contributed by atoms with van der Waals surface area (Å²) in [5, 5.41) is 27.2. The molecule has 100 valence electrons. The molecule has 1 aromatic heterocycles. The van der Waals surface area contributed by atoms with Crippen molar-refractivity contribution in [3.8, 4) is 0 Å². The Labute approximate surface area is 99.5 Å². The van der Waals surface area contributed by atoms with E-state index in [9.17, 15) is 28.2 Å². The normalized spacial score (nSPS) is 15.2. The Bertz CT molecular complexity index is 435. The number of nitrogens with zero attached hydrogens (tertiary/aromatic N) is 1. The number of rotatable bonds is 4. The zero-order chi connectivity index (χ0) is 13.9. The summed E-state index contributed by atoms with van der Waals surface area (Å²) in [4.78, 5) is 13.7. The quantitative estimate of drug-likeness (QED) is 0.754. The fourth-order valence-corrected chi connectivity index (χ4v) is 1.37. The minimum atomic E-state index is -4.74. The highest BCUT2D eigenvalue weighted by Crippen LogP contribution is 2.34. The van der Waals surface area contributed by atoms with Crippen LogP contribution in [0.4, 0.5) is 13.2 Å². The molecule has 1 rings (SSSR count). The highest BCUT2D eigenvalue weighted by atomic mass is 19.4. The van der Waals surface area contributed by atoms with Gasteiger partial charge in [0.2, 0.25) is 0 Å². The van der Waals surface area contributed by atoms with E-state index in [1.807, 2.05) is 0 Å². The third-order valence-electron chi connectivity index (χ3n) is 2.17. The van der Waals surface area contributed by atoms with Crippen molar-refractivity contribution in [1.82, 2.24) is 4.98 Å². The zero-order valence-electron chi connectivity index (χ0n) is 8.92. The highest BCUT2D eigenvalue weighted by molar-refractivity contribution is 5.67. The maximum atomic E-state index is 12.6. The number of aliphatic hydroxyl groups excluding tert-OH is 2. The summed E-state index contributed by atoms with van der Waals surface area (Å²) in [5.41, 5.74) is -2.00. The van der Waals surface area contributed by atoms with Gasteiger partial charge in [0.1, 0.15) is 6.10 Å². The molecule has 8 heteroatoms. The number of aliphatic hydroxyl groups is 2. The molecular weight excluding hydrogens is 255 g/mol. The molecule has 3 N–H and O–H groups in total. The van der Waals surface area contributed by atoms with Gasteiger partial charge in [-0.15, -0.1) is 0 Å². The lowest BCUT2D eigenvalue weighted by molar-refractivity contribution is -0.142. The van der Waals surface area contributed by atoms with Crippen LogP contribution in [0.3, 0.4) is 0 Å². The fourth-order valence-electron chi connectivity index (χ4n) is 1.37. The number of aliphatic carboxylic acids is 1. The van der Waals surface area contributed by atoms with E-state index in [0.29, 0.717) is 6.07 Å². The number of hydrogen-bond acceptors (Lipinski definition) is 4. The molecule has 1 heterocycles. The van der Waals surface area contributed by atoms with Crippen molar-refractivity contribution in [3.05, 3.63) is 29.6 Å². The van der Waals surface area contributed by atoms with Crippen LogP contribution in [0.25, 0.3) is 0 Å². The molecule has 0 saturated carbocycles. The second kappa shape index (κ2) is 5.32. The number of hydrogen-bond donors (Lipinski definition) is 3. The maximum absolute atomic E-state index is 12.6. The molecule has 0 radical (unpaired) electrons. The van der Waals surface area contributed by atoms with Crippen molar-refractivity contribution in [2.24, 2.45) is 0 Å². The topological polar surface area (TPSA) is 90.7 Å². The van der Waals surface area contributed by atoms with E-state index in [1.165, 1.54) is 0 Å². The van der Waals surface area contributed by atoms with Gasteiger partial charge in [-0.1, -0.05) is 0 Å². The molecule has 0 aliphatic rings. The zero-order valence-corrected chi connectivity index (χ0v) is 8.92. The molecule has 0 spiro atoms. The van der Waals surface area contributed by atoms with Gasteiger partial charge in [0.15, 0.2) is 0 Å². The van der Waals surface area contributed by atoms with E-state index in [4.69, 9.17) is 5.11 Å². The first-order chi connectivity index (χ1) is 8.23. The second-order valence-corrected chi connectivity index (χ2v) is 3.54. The second-order valence-electron chi connectivity index (χ2n) is 3.54. The molecule has 0 aromatic carbocycles. The molecular formula is C10H10F3NO4. The van der Waals surface area contributed by atoms with Crippen molar-refractivity contribution in [3.63, 3.8) is 0 Å². The summed E-state index contributed by atoms with van der Waals surface area (Å²) in [5.74, 6) is -1.44. The number of carboxylic acids is 1. The molecule has 0 bridgehead atoms. The first-order valence-electron chi connectivity index (χ1n) is 4.83. The lowest BCUT2D eigenvalue weighted by atomic mass is 10.0. The van der Waals surface area contributed by atoms with Gasteiger partial charge in [-0.05, 0) is 12.1 Å². The van der Waals surface area contributed by atoms with E-state index in [1.54, 1.807) is 0 Å². The van der Waals surface area contributed by atoms with Crippen molar-refractivity contribution < 1.29 is 33.3 Å². The van der Waals surface area contributed by atoms with Gasteiger partial charge in [-0.2, -0.15) is 13.2 Å². The summed E-state index contributed by atoms with van der Waals surface area (Å²) in [6.07, 6.45) is -8.48. The predicted molar refractivity (Wildman–Crippen MR) is 52.5 cm³/mol. The van der Waals surface area contributed by atoms with Crippen LogP contribution in [-0.2, 0) is 11.0 Å². The van der Waals surface area contributed by atoms with Crippen molar-refractivity contribution in [1.29, 1.82) is 0 Å². The smallest absolute Gasteiger partial charge is 0.418 e. The minimum Gasteiger partial charge on any atom is -0.481 e. The van der Waals surface area contributed by atoms with Gasteiger partial charge in [0.25, 0.3) is 0 Å². The molecule has 0 saturated heterocycles. The van der Waals surface area contributed by atoms with Gasteiger partial charge < -0.3 is 15.3 Å². The fraction of sp³-hybridized carbons (Fsp3) is 0.400. The van der Waals surface area contributed by atoms with E-state index in [-0.39, 0.29) is 0 Å². The SMILES string of the molecule is O=C(O)CC(O)C(O)c1ncccc1C(F)(F)F. The Hall–Kier alpha value is -1.67. The van der Waals surface area contributed by atoms with Crippen LogP contribution < -0.4 is 0 Å².